The molecule has 2 aliphatic heterocycles. The lowest BCUT2D eigenvalue weighted by Crippen LogP contribution is -2.40. The van der Waals surface area contributed by atoms with Gasteiger partial charge < -0.3 is 10.6 Å². The summed E-state index contributed by atoms with van der Waals surface area (Å²) in [7, 11) is 0. The first-order valence-corrected chi connectivity index (χ1v) is 9.56. The van der Waals surface area contributed by atoms with E-state index in [0.717, 1.165) is 25.4 Å². The van der Waals surface area contributed by atoms with Crippen molar-refractivity contribution in [2.45, 2.75) is 45.1 Å². The molecule has 3 nitrogen and oxygen atoms in total. The van der Waals surface area contributed by atoms with Gasteiger partial charge in [-0.1, -0.05) is 30.7 Å². The lowest BCUT2D eigenvalue weighted by Gasteiger charge is -2.36. The van der Waals surface area contributed by atoms with Crippen molar-refractivity contribution < 1.29 is 0 Å². The SMILES string of the molecule is NCCc1cccc(CN2CCC(CN3CCCCC3)CC2)c1. The third kappa shape index (κ3) is 5.30. The third-order valence-corrected chi connectivity index (χ3v) is 5.50. The van der Waals surface area contributed by atoms with E-state index in [2.05, 4.69) is 34.1 Å². The summed E-state index contributed by atoms with van der Waals surface area (Å²) in [4.78, 5) is 5.34. The van der Waals surface area contributed by atoms with Gasteiger partial charge >= 0.3 is 0 Å². The summed E-state index contributed by atoms with van der Waals surface area (Å²) in [5.74, 6) is 0.924. The average Bonchev–Trinajstić information content (AvgIpc) is 2.58. The van der Waals surface area contributed by atoms with Gasteiger partial charge in [0.1, 0.15) is 0 Å². The molecule has 2 aliphatic rings. The van der Waals surface area contributed by atoms with Crippen molar-refractivity contribution in [3.8, 4) is 0 Å². The van der Waals surface area contributed by atoms with Crippen LogP contribution in [-0.2, 0) is 13.0 Å². The zero-order chi connectivity index (χ0) is 15.9. The van der Waals surface area contributed by atoms with Crippen molar-refractivity contribution in [1.82, 2.24) is 9.80 Å². The van der Waals surface area contributed by atoms with Crippen molar-refractivity contribution >= 4 is 0 Å². The number of piperidine rings is 2. The third-order valence-electron chi connectivity index (χ3n) is 5.50. The van der Waals surface area contributed by atoms with Gasteiger partial charge in [-0.25, -0.2) is 0 Å². The molecule has 0 unspecified atom stereocenters. The van der Waals surface area contributed by atoms with Crippen molar-refractivity contribution in [2.24, 2.45) is 11.7 Å². The van der Waals surface area contributed by atoms with Gasteiger partial charge in [-0.15, -0.1) is 0 Å². The molecule has 0 aromatic heterocycles. The summed E-state index contributed by atoms with van der Waals surface area (Å²) in [6.45, 7) is 8.40. The fourth-order valence-electron chi connectivity index (χ4n) is 4.14. The quantitative estimate of drug-likeness (QED) is 0.876. The Kier molecular flexibility index (Phi) is 6.49. The van der Waals surface area contributed by atoms with Gasteiger partial charge in [0.25, 0.3) is 0 Å². The number of hydrogen-bond acceptors (Lipinski definition) is 3. The number of nitrogens with zero attached hydrogens (tertiary/aromatic N) is 2. The van der Waals surface area contributed by atoms with Crippen molar-refractivity contribution in [2.75, 3.05) is 39.3 Å². The van der Waals surface area contributed by atoms with E-state index in [0.29, 0.717) is 0 Å². The fraction of sp³-hybridized carbons (Fsp3) is 0.700. The smallest absolute Gasteiger partial charge is 0.0233 e. The minimum Gasteiger partial charge on any atom is -0.330 e. The Morgan fingerprint density at radius 1 is 0.913 bits per heavy atom. The number of rotatable bonds is 6. The predicted molar refractivity (Wildman–Crippen MR) is 97.5 cm³/mol. The molecule has 1 aromatic carbocycles. The van der Waals surface area contributed by atoms with E-state index in [-0.39, 0.29) is 0 Å². The zero-order valence-corrected chi connectivity index (χ0v) is 14.6. The van der Waals surface area contributed by atoms with E-state index in [4.69, 9.17) is 5.73 Å². The Bertz CT molecular complexity index is 460. The molecule has 0 bridgehead atoms. The summed E-state index contributed by atoms with van der Waals surface area (Å²) < 4.78 is 0. The van der Waals surface area contributed by atoms with E-state index in [9.17, 15) is 0 Å². The maximum atomic E-state index is 5.67. The monoisotopic (exact) mass is 315 g/mol. The molecular formula is C20H33N3. The van der Waals surface area contributed by atoms with Crippen molar-refractivity contribution in [1.29, 1.82) is 0 Å². The highest BCUT2D eigenvalue weighted by molar-refractivity contribution is 5.23. The van der Waals surface area contributed by atoms with Crippen LogP contribution < -0.4 is 5.73 Å². The van der Waals surface area contributed by atoms with Crippen LogP contribution in [0.25, 0.3) is 0 Å². The second kappa shape index (κ2) is 8.81. The topological polar surface area (TPSA) is 32.5 Å². The van der Waals surface area contributed by atoms with Crippen LogP contribution in [-0.4, -0.2) is 49.1 Å². The molecule has 0 radical (unpaired) electrons. The second-order valence-electron chi connectivity index (χ2n) is 7.44. The first kappa shape index (κ1) is 16.9. The first-order chi connectivity index (χ1) is 11.3. The minimum atomic E-state index is 0.741. The zero-order valence-electron chi connectivity index (χ0n) is 14.6. The number of hydrogen-bond donors (Lipinski definition) is 1. The maximum Gasteiger partial charge on any atom is 0.0233 e. The van der Waals surface area contributed by atoms with Crippen LogP contribution in [0.4, 0.5) is 0 Å². The average molecular weight is 316 g/mol. The molecule has 3 heteroatoms. The Labute approximate surface area is 141 Å². The van der Waals surface area contributed by atoms with Gasteiger partial charge in [0.15, 0.2) is 0 Å². The van der Waals surface area contributed by atoms with E-state index in [1.807, 2.05) is 0 Å². The Morgan fingerprint density at radius 3 is 2.39 bits per heavy atom. The highest BCUT2D eigenvalue weighted by Gasteiger charge is 2.22. The molecular weight excluding hydrogens is 282 g/mol. The number of benzene rings is 1. The Hall–Kier alpha value is -0.900. The number of likely N-dealkylation sites (tertiary alicyclic amines) is 2. The first-order valence-electron chi connectivity index (χ1n) is 9.56. The van der Waals surface area contributed by atoms with E-state index in [1.54, 1.807) is 0 Å². The molecule has 2 N–H and O–H groups in total. The molecule has 2 heterocycles. The van der Waals surface area contributed by atoms with E-state index >= 15 is 0 Å². The molecule has 0 aliphatic carbocycles. The highest BCUT2D eigenvalue weighted by Crippen LogP contribution is 2.22. The summed E-state index contributed by atoms with van der Waals surface area (Å²) in [6, 6.07) is 8.98. The van der Waals surface area contributed by atoms with Gasteiger partial charge in [0.05, 0.1) is 0 Å². The highest BCUT2D eigenvalue weighted by atomic mass is 15.1. The molecule has 3 rings (SSSR count). The largest absolute Gasteiger partial charge is 0.330 e. The minimum absolute atomic E-state index is 0.741. The van der Waals surface area contributed by atoms with Gasteiger partial charge in [-0.3, -0.25) is 4.90 Å². The molecule has 0 atom stereocenters. The van der Waals surface area contributed by atoms with Crippen LogP contribution >= 0.6 is 0 Å². The molecule has 2 fully saturated rings. The van der Waals surface area contributed by atoms with Gasteiger partial charge in [0.2, 0.25) is 0 Å². The second-order valence-corrected chi connectivity index (χ2v) is 7.44. The fourth-order valence-corrected chi connectivity index (χ4v) is 4.14. The summed E-state index contributed by atoms with van der Waals surface area (Å²) >= 11 is 0. The van der Waals surface area contributed by atoms with Crippen LogP contribution in [0.2, 0.25) is 0 Å². The lowest BCUT2D eigenvalue weighted by atomic mass is 9.95. The number of nitrogens with two attached hydrogens (primary N) is 1. The summed E-state index contributed by atoms with van der Waals surface area (Å²) in [5.41, 5.74) is 8.50. The molecule has 0 saturated carbocycles. The van der Waals surface area contributed by atoms with Gasteiger partial charge in [0, 0.05) is 13.1 Å². The van der Waals surface area contributed by atoms with Crippen molar-refractivity contribution in [3.05, 3.63) is 35.4 Å². The summed E-state index contributed by atoms with van der Waals surface area (Å²) in [6.07, 6.45) is 8.01. The van der Waals surface area contributed by atoms with Crippen LogP contribution in [0, 0.1) is 5.92 Å². The molecule has 128 valence electrons. The van der Waals surface area contributed by atoms with Crippen LogP contribution in [0.1, 0.15) is 43.2 Å². The molecule has 2 saturated heterocycles. The van der Waals surface area contributed by atoms with Crippen LogP contribution in [0.15, 0.2) is 24.3 Å². The van der Waals surface area contributed by atoms with Gasteiger partial charge in [-0.2, -0.15) is 0 Å². The predicted octanol–water partition coefficient (Wildman–Crippen LogP) is 2.89. The standard InChI is InChI=1S/C20H33N3/c21-10-7-18-5-4-6-20(15-18)17-23-13-8-19(9-14-23)16-22-11-2-1-3-12-22/h4-6,15,19H,1-3,7-14,16-17,21H2. The van der Waals surface area contributed by atoms with Gasteiger partial charge in [-0.05, 0) is 81.9 Å². The normalized spacial score (nSPS) is 21.6. The molecule has 23 heavy (non-hydrogen) atoms. The summed E-state index contributed by atoms with van der Waals surface area (Å²) in [5, 5.41) is 0. The molecule has 1 aromatic rings. The van der Waals surface area contributed by atoms with E-state index in [1.165, 1.54) is 76.0 Å². The van der Waals surface area contributed by atoms with Crippen LogP contribution in [0.5, 0.6) is 0 Å². The lowest BCUT2D eigenvalue weighted by molar-refractivity contribution is 0.128. The molecule has 0 spiro atoms. The Balaban J connectivity index is 1.42. The van der Waals surface area contributed by atoms with Crippen molar-refractivity contribution in [3.63, 3.8) is 0 Å². The van der Waals surface area contributed by atoms with Crippen LogP contribution in [0.3, 0.4) is 0 Å². The maximum absolute atomic E-state index is 5.67. The Morgan fingerprint density at radius 2 is 1.65 bits per heavy atom. The molecule has 0 amide bonds. The van der Waals surface area contributed by atoms with E-state index < -0.39 is 0 Å².